The van der Waals surface area contributed by atoms with E-state index in [4.69, 9.17) is 5.26 Å². The Morgan fingerprint density at radius 1 is 1.24 bits per heavy atom. The molecule has 1 saturated heterocycles. The van der Waals surface area contributed by atoms with Crippen molar-refractivity contribution in [2.24, 2.45) is 5.92 Å². The number of amides is 1. The van der Waals surface area contributed by atoms with Crippen molar-refractivity contribution < 1.29 is 4.79 Å². The van der Waals surface area contributed by atoms with Crippen LogP contribution < -0.4 is 0 Å². The largest absolute Gasteiger partial charge is 0.337 e. The lowest BCUT2D eigenvalue weighted by Crippen LogP contribution is -2.35. The lowest BCUT2D eigenvalue weighted by molar-refractivity contribution is 0.0761. The third-order valence-corrected chi connectivity index (χ3v) is 4.33. The summed E-state index contributed by atoms with van der Waals surface area (Å²) in [6.07, 6.45) is 3.79. The van der Waals surface area contributed by atoms with Gasteiger partial charge in [0.15, 0.2) is 0 Å². The maximum absolute atomic E-state index is 12.6. The van der Waals surface area contributed by atoms with Gasteiger partial charge in [0, 0.05) is 31.7 Å². The monoisotopic (exact) mass is 283 g/mol. The molecule has 1 amide bonds. The number of benzene rings is 1. The zero-order valence-electron chi connectivity index (χ0n) is 12.3. The fourth-order valence-electron chi connectivity index (χ4n) is 2.93. The Bertz CT molecular complexity index is 559. The molecule has 0 aromatic heterocycles. The first-order valence-electron chi connectivity index (χ1n) is 7.78. The summed E-state index contributed by atoms with van der Waals surface area (Å²) in [7, 11) is 0. The van der Waals surface area contributed by atoms with Crippen molar-refractivity contribution >= 4 is 5.91 Å². The fraction of sp³-hybridized carbons (Fsp3) is 0.529. The lowest BCUT2D eigenvalue weighted by Gasteiger charge is -2.22. The second-order valence-corrected chi connectivity index (χ2v) is 6.08. The van der Waals surface area contributed by atoms with Crippen LogP contribution in [0.15, 0.2) is 24.3 Å². The van der Waals surface area contributed by atoms with E-state index < -0.39 is 0 Å². The molecular weight excluding hydrogens is 262 g/mol. The predicted octanol–water partition coefficient (Wildman–Crippen LogP) is 2.12. The van der Waals surface area contributed by atoms with E-state index in [0.29, 0.717) is 11.1 Å². The SMILES string of the molecule is N#Cc1cccc(C(=O)N2CCCN(CC3CC3)CC2)c1. The van der Waals surface area contributed by atoms with Crippen molar-refractivity contribution in [2.75, 3.05) is 32.7 Å². The van der Waals surface area contributed by atoms with Crippen LogP contribution in [0, 0.1) is 17.2 Å². The third-order valence-electron chi connectivity index (χ3n) is 4.33. The van der Waals surface area contributed by atoms with E-state index in [1.54, 1.807) is 24.3 Å². The van der Waals surface area contributed by atoms with Crippen LogP contribution in [-0.4, -0.2) is 48.4 Å². The Hall–Kier alpha value is -1.86. The molecule has 1 aliphatic heterocycles. The smallest absolute Gasteiger partial charge is 0.253 e. The van der Waals surface area contributed by atoms with Crippen molar-refractivity contribution in [3.05, 3.63) is 35.4 Å². The fourth-order valence-corrected chi connectivity index (χ4v) is 2.93. The average Bonchev–Trinajstić information content (AvgIpc) is 3.35. The molecule has 1 aromatic carbocycles. The van der Waals surface area contributed by atoms with Crippen LogP contribution in [0.25, 0.3) is 0 Å². The molecule has 1 aromatic rings. The molecule has 1 saturated carbocycles. The molecule has 0 bridgehead atoms. The van der Waals surface area contributed by atoms with Crippen molar-refractivity contribution in [1.82, 2.24) is 9.80 Å². The van der Waals surface area contributed by atoms with E-state index >= 15 is 0 Å². The highest BCUT2D eigenvalue weighted by molar-refractivity contribution is 5.94. The maximum atomic E-state index is 12.6. The van der Waals surface area contributed by atoms with Gasteiger partial charge in [-0.15, -0.1) is 0 Å². The first kappa shape index (κ1) is 14.1. The molecule has 0 unspecified atom stereocenters. The van der Waals surface area contributed by atoms with E-state index in [1.807, 2.05) is 4.90 Å². The van der Waals surface area contributed by atoms with Gasteiger partial charge in [-0.3, -0.25) is 4.79 Å². The number of nitrogens with zero attached hydrogens (tertiary/aromatic N) is 3. The number of rotatable bonds is 3. The Labute approximate surface area is 126 Å². The number of carbonyl (C=O) groups excluding carboxylic acids is 1. The van der Waals surface area contributed by atoms with Crippen molar-refractivity contribution in [3.63, 3.8) is 0 Å². The van der Waals surface area contributed by atoms with Crippen LogP contribution in [0.1, 0.15) is 35.2 Å². The highest BCUT2D eigenvalue weighted by Gasteiger charge is 2.26. The second-order valence-electron chi connectivity index (χ2n) is 6.08. The van der Waals surface area contributed by atoms with Crippen molar-refractivity contribution in [3.8, 4) is 6.07 Å². The molecule has 2 fully saturated rings. The Kier molecular flexibility index (Phi) is 4.21. The van der Waals surface area contributed by atoms with Gasteiger partial charge in [-0.2, -0.15) is 5.26 Å². The Balaban J connectivity index is 1.62. The zero-order chi connectivity index (χ0) is 14.7. The molecule has 1 heterocycles. The van der Waals surface area contributed by atoms with Gasteiger partial charge >= 0.3 is 0 Å². The molecule has 0 spiro atoms. The van der Waals surface area contributed by atoms with Gasteiger partial charge in [0.25, 0.3) is 5.91 Å². The van der Waals surface area contributed by atoms with Crippen LogP contribution in [0.4, 0.5) is 0 Å². The van der Waals surface area contributed by atoms with Gasteiger partial charge in [-0.25, -0.2) is 0 Å². The summed E-state index contributed by atoms with van der Waals surface area (Å²) in [6, 6.07) is 9.10. The molecule has 4 nitrogen and oxygen atoms in total. The van der Waals surface area contributed by atoms with Crippen molar-refractivity contribution in [2.45, 2.75) is 19.3 Å². The van der Waals surface area contributed by atoms with Crippen molar-refractivity contribution in [1.29, 1.82) is 5.26 Å². The molecule has 110 valence electrons. The molecule has 0 N–H and O–H groups in total. The van der Waals surface area contributed by atoms with E-state index in [9.17, 15) is 4.79 Å². The molecule has 3 rings (SSSR count). The standard InChI is InChI=1S/C17H21N3O/c18-12-15-3-1-4-16(11-15)17(21)20-8-2-7-19(9-10-20)13-14-5-6-14/h1,3-4,11,14H,2,5-10,13H2. The minimum atomic E-state index is 0.0559. The quantitative estimate of drug-likeness (QED) is 0.853. The summed E-state index contributed by atoms with van der Waals surface area (Å²) in [5.74, 6) is 0.958. The Morgan fingerprint density at radius 2 is 2.10 bits per heavy atom. The molecule has 21 heavy (non-hydrogen) atoms. The number of hydrogen-bond donors (Lipinski definition) is 0. The van der Waals surface area contributed by atoms with Gasteiger partial charge < -0.3 is 9.80 Å². The first-order chi connectivity index (χ1) is 10.3. The minimum Gasteiger partial charge on any atom is -0.337 e. The Morgan fingerprint density at radius 3 is 2.86 bits per heavy atom. The summed E-state index contributed by atoms with van der Waals surface area (Å²) in [6.45, 7) is 4.88. The number of nitriles is 1. The summed E-state index contributed by atoms with van der Waals surface area (Å²) in [4.78, 5) is 17.0. The van der Waals surface area contributed by atoms with Gasteiger partial charge in [0.2, 0.25) is 0 Å². The van der Waals surface area contributed by atoms with Gasteiger partial charge in [0.1, 0.15) is 0 Å². The zero-order valence-corrected chi connectivity index (χ0v) is 12.3. The highest BCUT2D eigenvalue weighted by atomic mass is 16.2. The van der Waals surface area contributed by atoms with Gasteiger partial charge in [-0.1, -0.05) is 6.07 Å². The lowest BCUT2D eigenvalue weighted by atomic mass is 10.1. The first-order valence-corrected chi connectivity index (χ1v) is 7.78. The van der Waals surface area contributed by atoms with Crippen LogP contribution >= 0.6 is 0 Å². The van der Waals surface area contributed by atoms with Crippen LogP contribution in [-0.2, 0) is 0 Å². The molecule has 2 aliphatic rings. The summed E-state index contributed by atoms with van der Waals surface area (Å²) < 4.78 is 0. The molecule has 0 atom stereocenters. The van der Waals surface area contributed by atoms with E-state index in [2.05, 4.69) is 11.0 Å². The summed E-state index contributed by atoms with van der Waals surface area (Å²) in [5, 5.41) is 8.94. The third kappa shape index (κ3) is 3.62. The van der Waals surface area contributed by atoms with E-state index in [1.165, 1.54) is 19.4 Å². The van der Waals surface area contributed by atoms with Gasteiger partial charge in [0.05, 0.1) is 11.6 Å². The summed E-state index contributed by atoms with van der Waals surface area (Å²) in [5.41, 5.74) is 1.18. The minimum absolute atomic E-state index is 0.0559. The average molecular weight is 283 g/mol. The van der Waals surface area contributed by atoms with Crippen LogP contribution in [0.5, 0.6) is 0 Å². The molecular formula is C17H21N3O. The molecule has 0 radical (unpaired) electrons. The second kappa shape index (κ2) is 6.28. The van der Waals surface area contributed by atoms with Crippen LogP contribution in [0.3, 0.4) is 0 Å². The van der Waals surface area contributed by atoms with Gasteiger partial charge in [-0.05, 0) is 49.9 Å². The van der Waals surface area contributed by atoms with Crippen LogP contribution in [0.2, 0.25) is 0 Å². The van der Waals surface area contributed by atoms with E-state index in [0.717, 1.165) is 38.5 Å². The maximum Gasteiger partial charge on any atom is 0.253 e. The normalized spacial score (nSPS) is 19.9. The number of hydrogen-bond acceptors (Lipinski definition) is 3. The summed E-state index contributed by atoms with van der Waals surface area (Å²) >= 11 is 0. The van der Waals surface area contributed by atoms with E-state index in [-0.39, 0.29) is 5.91 Å². The topological polar surface area (TPSA) is 47.3 Å². The number of carbonyl (C=O) groups is 1. The molecule has 4 heteroatoms. The predicted molar refractivity (Wildman–Crippen MR) is 80.8 cm³/mol. The molecule has 1 aliphatic carbocycles. The highest BCUT2D eigenvalue weighted by Crippen LogP contribution is 2.30.